The topological polar surface area (TPSA) is 83.8 Å². The Morgan fingerprint density at radius 2 is 1.57 bits per heavy atom. The maximum atomic E-state index is 13.9. The van der Waals surface area contributed by atoms with Crippen molar-refractivity contribution in [2.45, 2.75) is 29.7 Å². The molecule has 5 aromatic rings. The van der Waals surface area contributed by atoms with Gasteiger partial charge in [0.15, 0.2) is 0 Å². The van der Waals surface area contributed by atoms with Crippen molar-refractivity contribution >= 4 is 34.2 Å². The lowest BCUT2D eigenvalue weighted by atomic mass is 9.55. The molecular weight excluding hydrogens is 480 g/mol. The fourth-order valence-electron chi connectivity index (χ4n) is 6.42. The van der Waals surface area contributed by atoms with E-state index in [-0.39, 0.29) is 11.8 Å². The molecule has 2 bridgehead atoms. The van der Waals surface area contributed by atoms with Gasteiger partial charge in [-0.25, -0.2) is 4.98 Å². The first-order chi connectivity index (χ1) is 17.9. The van der Waals surface area contributed by atoms with Gasteiger partial charge < -0.3 is 10.7 Å². The number of hydrogen-bond donors (Lipinski definition) is 3. The van der Waals surface area contributed by atoms with E-state index in [0.717, 1.165) is 38.9 Å². The van der Waals surface area contributed by atoms with Gasteiger partial charge in [0.05, 0.1) is 16.8 Å². The average Bonchev–Trinajstić information content (AvgIpc) is 3.37. The Bertz CT molecular complexity index is 1680. The SMILES string of the molecule is Cc1ccc(-c2cnc(NC(=O)C3(N)CC4(Cl)c5ccccc5C3c3ccccc34)[nH]2)c2ccccc12. The molecule has 0 aliphatic heterocycles. The van der Waals surface area contributed by atoms with Gasteiger partial charge in [0, 0.05) is 17.9 Å². The third kappa shape index (κ3) is 3.08. The molecule has 3 aliphatic carbocycles. The van der Waals surface area contributed by atoms with Gasteiger partial charge in [0.25, 0.3) is 0 Å². The summed E-state index contributed by atoms with van der Waals surface area (Å²) in [5.74, 6) is -0.252. The number of benzene rings is 4. The first-order valence-corrected chi connectivity index (χ1v) is 12.8. The van der Waals surface area contributed by atoms with E-state index in [1.165, 1.54) is 10.9 Å². The number of aromatic amines is 1. The summed E-state index contributed by atoms with van der Waals surface area (Å²) in [6.45, 7) is 2.10. The van der Waals surface area contributed by atoms with Crippen LogP contribution in [-0.4, -0.2) is 21.4 Å². The first-order valence-electron chi connectivity index (χ1n) is 12.4. The van der Waals surface area contributed by atoms with Crippen LogP contribution in [-0.2, 0) is 9.67 Å². The maximum Gasteiger partial charge on any atom is 0.247 e. The summed E-state index contributed by atoms with van der Waals surface area (Å²) in [5.41, 5.74) is 12.9. The number of alkyl halides is 1. The van der Waals surface area contributed by atoms with E-state index in [1.54, 1.807) is 6.20 Å². The van der Waals surface area contributed by atoms with E-state index in [4.69, 9.17) is 17.3 Å². The van der Waals surface area contributed by atoms with Gasteiger partial charge in [0.2, 0.25) is 11.9 Å². The molecular formula is C31H25ClN4O. The first kappa shape index (κ1) is 22.3. The second kappa shape index (κ2) is 7.78. The Kier molecular flexibility index (Phi) is 4.69. The number of carbonyl (C=O) groups is 1. The van der Waals surface area contributed by atoms with Gasteiger partial charge in [-0.05, 0) is 45.5 Å². The fraction of sp³-hybridized carbons (Fsp3) is 0.161. The Balaban J connectivity index is 1.26. The van der Waals surface area contributed by atoms with E-state index in [9.17, 15) is 4.79 Å². The van der Waals surface area contributed by atoms with Crippen molar-refractivity contribution in [2.75, 3.05) is 5.32 Å². The lowest BCUT2D eigenvalue weighted by Gasteiger charge is -2.54. The van der Waals surface area contributed by atoms with Crippen molar-refractivity contribution in [2.24, 2.45) is 5.73 Å². The Morgan fingerprint density at radius 1 is 0.946 bits per heavy atom. The van der Waals surface area contributed by atoms with Gasteiger partial charge in [-0.3, -0.25) is 10.1 Å². The molecule has 1 heterocycles. The molecule has 37 heavy (non-hydrogen) atoms. The number of nitrogens with two attached hydrogens (primary N) is 1. The fourth-order valence-corrected chi connectivity index (χ4v) is 6.99. The molecule has 0 radical (unpaired) electrons. The minimum Gasteiger partial charge on any atom is -0.324 e. The number of amides is 1. The normalized spacial score (nSPS) is 23.5. The molecule has 0 fully saturated rings. The van der Waals surface area contributed by atoms with Crippen LogP contribution in [0.15, 0.2) is 91.1 Å². The second-order valence-corrected chi connectivity index (χ2v) is 10.8. The van der Waals surface area contributed by atoms with Crippen LogP contribution in [0.1, 0.15) is 40.2 Å². The molecule has 0 saturated heterocycles. The zero-order valence-electron chi connectivity index (χ0n) is 20.3. The number of aryl methyl sites for hydroxylation is 1. The smallest absolute Gasteiger partial charge is 0.247 e. The standard InChI is InChI=1S/C31H25ClN4O/c1-18-14-15-21(20-9-3-2-8-19(18)20)26-16-34-29(35-26)36-28(37)31(33)17-30(32)24-12-6-4-10-22(24)27(31)23-11-5-7-13-25(23)30/h2-16,27H,17,33H2,1H3,(H2,34,35,36,37). The van der Waals surface area contributed by atoms with Crippen molar-refractivity contribution in [1.82, 2.24) is 9.97 Å². The largest absolute Gasteiger partial charge is 0.324 e. The third-order valence-corrected chi connectivity index (χ3v) is 8.65. The summed E-state index contributed by atoms with van der Waals surface area (Å²) in [6.07, 6.45) is 2.04. The van der Waals surface area contributed by atoms with E-state index < -0.39 is 10.4 Å². The molecule has 1 atom stereocenters. The molecule has 182 valence electrons. The van der Waals surface area contributed by atoms with Crippen LogP contribution in [0, 0.1) is 6.92 Å². The molecule has 5 nitrogen and oxygen atoms in total. The third-order valence-electron chi connectivity index (χ3n) is 8.11. The van der Waals surface area contributed by atoms with Crippen LogP contribution in [0.25, 0.3) is 22.0 Å². The van der Waals surface area contributed by atoms with Crippen molar-refractivity contribution in [3.63, 3.8) is 0 Å². The summed E-state index contributed by atoms with van der Waals surface area (Å²) in [4.78, 5) is 20.8. The van der Waals surface area contributed by atoms with Crippen molar-refractivity contribution in [1.29, 1.82) is 0 Å². The Labute approximate surface area is 219 Å². The predicted octanol–water partition coefficient (Wildman–Crippen LogP) is 6.21. The lowest BCUT2D eigenvalue weighted by Crippen LogP contribution is -2.64. The van der Waals surface area contributed by atoms with Crippen LogP contribution in [0.4, 0.5) is 5.95 Å². The number of nitrogens with one attached hydrogen (secondary N) is 2. The maximum absolute atomic E-state index is 13.9. The van der Waals surface area contributed by atoms with Crippen molar-refractivity contribution < 1.29 is 4.79 Å². The summed E-state index contributed by atoms with van der Waals surface area (Å²) in [6, 6.07) is 28.6. The second-order valence-electron chi connectivity index (χ2n) is 10.2. The number of rotatable bonds is 3. The average molecular weight is 505 g/mol. The number of halogens is 1. The molecule has 6 heteroatoms. The molecule has 1 aromatic heterocycles. The molecule has 1 amide bonds. The minimum atomic E-state index is -1.24. The number of nitrogens with zero attached hydrogens (tertiary/aromatic N) is 1. The highest BCUT2D eigenvalue weighted by molar-refractivity contribution is 6.27. The van der Waals surface area contributed by atoms with Crippen LogP contribution in [0.2, 0.25) is 0 Å². The van der Waals surface area contributed by atoms with Crippen LogP contribution in [0.5, 0.6) is 0 Å². The number of aromatic nitrogens is 2. The summed E-state index contributed by atoms with van der Waals surface area (Å²) >= 11 is 7.36. The van der Waals surface area contributed by atoms with Gasteiger partial charge >= 0.3 is 0 Å². The number of anilines is 1. The van der Waals surface area contributed by atoms with Crippen molar-refractivity contribution in [3.8, 4) is 11.3 Å². The summed E-state index contributed by atoms with van der Waals surface area (Å²) < 4.78 is 0. The molecule has 3 aliphatic rings. The highest BCUT2D eigenvalue weighted by Crippen LogP contribution is 2.61. The zero-order valence-corrected chi connectivity index (χ0v) is 21.0. The summed E-state index contributed by atoms with van der Waals surface area (Å²) in [7, 11) is 0. The Hall–Kier alpha value is -3.93. The molecule has 4 N–H and O–H groups in total. The lowest BCUT2D eigenvalue weighted by molar-refractivity contribution is -0.122. The van der Waals surface area contributed by atoms with Gasteiger partial charge in [-0.1, -0.05) is 84.9 Å². The van der Waals surface area contributed by atoms with Crippen LogP contribution < -0.4 is 11.1 Å². The van der Waals surface area contributed by atoms with Crippen LogP contribution >= 0.6 is 11.6 Å². The Morgan fingerprint density at radius 3 is 2.27 bits per heavy atom. The molecule has 4 aromatic carbocycles. The minimum absolute atomic E-state index is 0.294. The number of H-pyrrole nitrogens is 1. The number of imidazole rings is 1. The van der Waals surface area contributed by atoms with Crippen molar-refractivity contribution in [3.05, 3.63) is 119 Å². The van der Waals surface area contributed by atoms with E-state index in [0.29, 0.717) is 12.4 Å². The highest BCUT2D eigenvalue weighted by Gasteiger charge is 2.60. The molecule has 1 unspecified atom stereocenters. The quantitative estimate of drug-likeness (QED) is 0.255. The van der Waals surface area contributed by atoms with Gasteiger partial charge in [0.1, 0.15) is 5.54 Å². The van der Waals surface area contributed by atoms with Gasteiger partial charge in [-0.15, -0.1) is 11.6 Å². The van der Waals surface area contributed by atoms with Crippen LogP contribution in [0.3, 0.4) is 0 Å². The van der Waals surface area contributed by atoms with E-state index in [2.05, 4.69) is 46.5 Å². The molecule has 0 spiro atoms. The monoisotopic (exact) mass is 504 g/mol. The zero-order chi connectivity index (χ0) is 25.4. The predicted molar refractivity (Wildman–Crippen MR) is 148 cm³/mol. The number of fused-ring (bicyclic) bond motifs is 2. The van der Waals surface area contributed by atoms with E-state index >= 15 is 0 Å². The summed E-state index contributed by atoms with van der Waals surface area (Å²) in [5, 5.41) is 5.29. The molecule has 0 saturated carbocycles. The van der Waals surface area contributed by atoms with E-state index in [1.807, 2.05) is 60.7 Å². The number of carbonyl (C=O) groups excluding carboxylic acids is 1. The highest BCUT2D eigenvalue weighted by atomic mass is 35.5. The molecule has 8 rings (SSSR count). The number of hydrogen-bond acceptors (Lipinski definition) is 3. The van der Waals surface area contributed by atoms with Gasteiger partial charge in [-0.2, -0.15) is 0 Å².